The third-order valence-electron chi connectivity index (χ3n) is 5.89. The number of carboxylic acids is 1. The SMILES string of the molecule is CCOC(=O)C1=C(CN2CC(F)CC2COCC(=O)O)NC(c2nccs2)=N[C@H]1c1ccc(F)cc1Br. The zero-order chi connectivity index (χ0) is 26.5. The first-order valence-corrected chi connectivity index (χ1v) is 13.2. The number of nitrogens with one attached hydrogen (secondary N) is 1. The second kappa shape index (κ2) is 12.2. The van der Waals surface area contributed by atoms with Crippen molar-refractivity contribution in [3.8, 4) is 0 Å². The van der Waals surface area contributed by atoms with Gasteiger partial charge in [-0.15, -0.1) is 11.3 Å². The third kappa shape index (κ3) is 6.58. The lowest BCUT2D eigenvalue weighted by molar-refractivity contribution is -0.143. The number of alkyl halides is 1. The van der Waals surface area contributed by atoms with Crippen molar-refractivity contribution in [3.05, 3.63) is 61.9 Å². The van der Waals surface area contributed by atoms with Crippen LogP contribution in [0.25, 0.3) is 0 Å². The number of hydrogen-bond acceptors (Lipinski definition) is 9. The molecule has 0 spiro atoms. The van der Waals surface area contributed by atoms with Gasteiger partial charge in [0, 0.05) is 40.9 Å². The molecule has 2 unspecified atom stereocenters. The summed E-state index contributed by atoms with van der Waals surface area (Å²) in [7, 11) is 0. The summed E-state index contributed by atoms with van der Waals surface area (Å²) in [6.45, 7) is 1.54. The van der Waals surface area contributed by atoms with Gasteiger partial charge in [-0.25, -0.2) is 23.4 Å². The Kier molecular flexibility index (Phi) is 9.00. The van der Waals surface area contributed by atoms with Crippen LogP contribution in [0.2, 0.25) is 0 Å². The first-order chi connectivity index (χ1) is 17.8. The van der Waals surface area contributed by atoms with Crippen LogP contribution < -0.4 is 5.32 Å². The lowest BCUT2D eigenvalue weighted by atomic mass is 9.95. The van der Waals surface area contributed by atoms with E-state index in [1.807, 2.05) is 0 Å². The minimum Gasteiger partial charge on any atom is -0.480 e. The summed E-state index contributed by atoms with van der Waals surface area (Å²) >= 11 is 4.74. The highest BCUT2D eigenvalue weighted by atomic mass is 79.9. The van der Waals surface area contributed by atoms with E-state index < -0.39 is 42.6 Å². The van der Waals surface area contributed by atoms with Gasteiger partial charge in [0.05, 0.1) is 18.8 Å². The van der Waals surface area contributed by atoms with Gasteiger partial charge in [-0.2, -0.15) is 0 Å². The Morgan fingerprint density at radius 2 is 2.19 bits per heavy atom. The highest BCUT2D eigenvalue weighted by Gasteiger charge is 2.38. The topological polar surface area (TPSA) is 113 Å². The van der Waals surface area contributed by atoms with Crippen molar-refractivity contribution in [2.24, 2.45) is 4.99 Å². The fourth-order valence-corrected chi connectivity index (χ4v) is 5.50. The number of likely N-dealkylation sites (tertiary alicyclic amines) is 1. The number of hydrogen-bond donors (Lipinski definition) is 2. The molecule has 1 saturated heterocycles. The summed E-state index contributed by atoms with van der Waals surface area (Å²) in [5.41, 5.74) is 1.20. The van der Waals surface area contributed by atoms with E-state index >= 15 is 0 Å². The average molecular weight is 599 g/mol. The van der Waals surface area contributed by atoms with Crippen molar-refractivity contribution < 1.29 is 33.0 Å². The Hall–Kier alpha value is -2.74. The van der Waals surface area contributed by atoms with Crippen LogP contribution in [-0.2, 0) is 19.1 Å². The fraction of sp³-hybridized carbons (Fsp3) is 0.417. The molecule has 0 radical (unpaired) electrons. The van der Waals surface area contributed by atoms with E-state index in [4.69, 9.17) is 19.6 Å². The summed E-state index contributed by atoms with van der Waals surface area (Å²) in [4.78, 5) is 35.0. The number of aliphatic carboxylic acids is 1. The van der Waals surface area contributed by atoms with E-state index in [9.17, 15) is 18.4 Å². The van der Waals surface area contributed by atoms with Crippen LogP contribution in [0.3, 0.4) is 0 Å². The minimum atomic E-state index is -1.14. The molecule has 3 atom stereocenters. The molecule has 2 aliphatic heterocycles. The Morgan fingerprint density at radius 1 is 1.38 bits per heavy atom. The van der Waals surface area contributed by atoms with Crippen LogP contribution in [0.15, 0.2) is 50.5 Å². The number of aromatic nitrogens is 1. The molecule has 1 fully saturated rings. The number of esters is 1. The molecular weight excluding hydrogens is 574 g/mol. The molecule has 198 valence electrons. The summed E-state index contributed by atoms with van der Waals surface area (Å²) in [6, 6.07) is 2.88. The van der Waals surface area contributed by atoms with Crippen LogP contribution in [-0.4, -0.2) is 77.9 Å². The maximum absolute atomic E-state index is 14.5. The van der Waals surface area contributed by atoms with Gasteiger partial charge in [-0.3, -0.25) is 9.89 Å². The Labute approximate surface area is 224 Å². The number of amidine groups is 1. The smallest absolute Gasteiger partial charge is 0.338 e. The molecule has 0 amide bonds. The zero-order valence-corrected chi connectivity index (χ0v) is 22.2. The van der Waals surface area contributed by atoms with Crippen LogP contribution in [0.1, 0.15) is 30.0 Å². The molecule has 2 N–H and O–H groups in total. The largest absolute Gasteiger partial charge is 0.480 e. The molecular formula is C24H25BrF2N4O5S. The molecule has 2 aromatic rings. The van der Waals surface area contributed by atoms with Gasteiger partial charge in [0.1, 0.15) is 24.6 Å². The number of nitrogens with zero attached hydrogens (tertiary/aromatic N) is 3. The van der Waals surface area contributed by atoms with Crippen molar-refractivity contribution in [1.29, 1.82) is 0 Å². The molecule has 0 saturated carbocycles. The van der Waals surface area contributed by atoms with E-state index in [0.717, 1.165) is 0 Å². The Balaban J connectivity index is 1.74. The second-order valence-electron chi connectivity index (χ2n) is 8.45. The highest BCUT2D eigenvalue weighted by Crippen LogP contribution is 2.37. The number of rotatable bonds is 10. The predicted octanol–water partition coefficient (Wildman–Crippen LogP) is 3.47. The monoisotopic (exact) mass is 598 g/mol. The van der Waals surface area contributed by atoms with Gasteiger partial charge in [-0.05, 0) is 31.0 Å². The number of thiazole rings is 1. The number of aliphatic imine (C=N–C) groups is 1. The van der Waals surface area contributed by atoms with E-state index in [0.29, 0.717) is 26.6 Å². The quantitative estimate of drug-likeness (QED) is 0.400. The van der Waals surface area contributed by atoms with Crippen molar-refractivity contribution in [1.82, 2.24) is 15.2 Å². The number of halogens is 3. The summed E-state index contributed by atoms with van der Waals surface area (Å²) < 4.78 is 39.4. The van der Waals surface area contributed by atoms with Gasteiger partial charge in [0.15, 0.2) is 10.8 Å². The standard InChI is InChI=1S/C24H25BrF2N4O5S/c1-2-36-24(34)20-18(10-31-9-14(27)7-15(31)11-35-12-19(32)33)29-22(23-28-5-6-37-23)30-21(20)16-4-3-13(26)8-17(16)25/h3-6,8,14-15,21H,2,7,9-12H2,1H3,(H,29,30)(H,32,33)/t14?,15?,21-/m0/s1. The van der Waals surface area contributed by atoms with Crippen molar-refractivity contribution in [2.45, 2.75) is 31.6 Å². The lowest BCUT2D eigenvalue weighted by Gasteiger charge is -2.31. The molecule has 2 aliphatic rings. The summed E-state index contributed by atoms with van der Waals surface area (Å²) in [5, 5.41) is 14.4. The van der Waals surface area contributed by atoms with Crippen LogP contribution in [0, 0.1) is 5.82 Å². The molecule has 1 aromatic heterocycles. The summed E-state index contributed by atoms with van der Waals surface area (Å²) in [5.74, 6) is -1.76. The number of carboxylic acid groups (broad SMARTS) is 1. The maximum atomic E-state index is 14.5. The molecule has 0 bridgehead atoms. The Morgan fingerprint density at radius 3 is 2.86 bits per heavy atom. The molecule has 9 nitrogen and oxygen atoms in total. The fourth-order valence-electron chi connectivity index (χ4n) is 4.34. The normalized spacial score (nSPS) is 22.1. The number of ether oxygens (including phenoxy) is 2. The molecule has 13 heteroatoms. The molecule has 37 heavy (non-hydrogen) atoms. The highest BCUT2D eigenvalue weighted by molar-refractivity contribution is 9.10. The van der Waals surface area contributed by atoms with E-state index in [1.165, 1.54) is 23.5 Å². The third-order valence-corrected chi connectivity index (χ3v) is 7.35. The maximum Gasteiger partial charge on any atom is 0.338 e. The summed E-state index contributed by atoms with van der Waals surface area (Å²) in [6.07, 6.45) is 0.659. The van der Waals surface area contributed by atoms with Crippen LogP contribution in [0.4, 0.5) is 8.78 Å². The number of carbonyl (C=O) groups excluding carboxylic acids is 1. The van der Waals surface area contributed by atoms with Gasteiger partial charge < -0.3 is 19.9 Å². The van der Waals surface area contributed by atoms with Crippen LogP contribution >= 0.6 is 27.3 Å². The number of benzene rings is 1. The Bertz CT molecular complexity index is 1210. The molecule has 3 heterocycles. The van der Waals surface area contributed by atoms with Crippen molar-refractivity contribution >= 4 is 45.0 Å². The predicted molar refractivity (Wildman–Crippen MR) is 136 cm³/mol. The second-order valence-corrected chi connectivity index (χ2v) is 10.2. The molecule has 1 aromatic carbocycles. The van der Waals surface area contributed by atoms with Gasteiger partial charge >= 0.3 is 11.9 Å². The molecule has 0 aliphatic carbocycles. The van der Waals surface area contributed by atoms with E-state index in [2.05, 4.69) is 26.2 Å². The first kappa shape index (κ1) is 27.3. The lowest BCUT2D eigenvalue weighted by Crippen LogP contribution is -2.42. The van der Waals surface area contributed by atoms with Crippen LogP contribution in [0.5, 0.6) is 0 Å². The van der Waals surface area contributed by atoms with Gasteiger partial charge in [-0.1, -0.05) is 22.0 Å². The van der Waals surface area contributed by atoms with Crippen molar-refractivity contribution in [3.63, 3.8) is 0 Å². The van der Waals surface area contributed by atoms with E-state index in [1.54, 1.807) is 29.5 Å². The minimum absolute atomic E-state index is 0.0229. The van der Waals surface area contributed by atoms with Crippen molar-refractivity contribution in [2.75, 3.05) is 32.9 Å². The van der Waals surface area contributed by atoms with Gasteiger partial charge in [0.2, 0.25) is 0 Å². The number of carbonyl (C=O) groups is 2. The first-order valence-electron chi connectivity index (χ1n) is 11.5. The zero-order valence-electron chi connectivity index (χ0n) is 19.8. The van der Waals surface area contributed by atoms with Gasteiger partial charge in [0.25, 0.3) is 0 Å². The average Bonchev–Trinajstić information content (AvgIpc) is 3.49. The van der Waals surface area contributed by atoms with E-state index in [-0.39, 0.29) is 38.3 Å². The molecule has 4 rings (SSSR count).